The molecule has 6 heteroatoms. The number of halogens is 2. The monoisotopic (exact) mass is 371 g/mol. The Morgan fingerprint density at radius 3 is 2.48 bits per heavy atom. The van der Waals surface area contributed by atoms with Crippen LogP contribution < -0.4 is 5.32 Å². The van der Waals surface area contributed by atoms with Crippen LogP contribution >= 0.6 is 15.9 Å². The SMILES string of the molecule is O=C(Nc1cccc(Br)c1)c1cnc(-c2cccc(F)c2)nc1. The summed E-state index contributed by atoms with van der Waals surface area (Å²) in [6.45, 7) is 0. The van der Waals surface area contributed by atoms with E-state index in [0.717, 1.165) is 4.47 Å². The third kappa shape index (κ3) is 3.78. The van der Waals surface area contributed by atoms with Crippen molar-refractivity contribution in [2.24, 2.45) is 0 Å². The molecule has 0 bridgehead atoms. The Labute approximate surface area is 140 Å². The second-order valence-corrected chi connectivity index (χ2v) is 5.69. The van der Waals surface area contributed by atoms with Gasteiger partial charge < -0.3 is 5.32 Å². The number of anilines is 1. The van der Waals surface area contributed by atoms with E-state index in [1.807, 2.05) is 12.1 Å². The first-order valence-corrected chi connectivity index (χ1v) is 7.56. The van der Waals surface area contributed by atoms with Crippen molar-refractivity contribution in [2.75, 3.05) is 5.32 Å². The Bertz CT molecular complexity index is 852. The van der Waals surface area contributed by atoms with Crippen molar-refractivity contribution < 1.29 is 9.18 Å². The van der Waals surface area contributed by atoms with E-state index in [9.17, 15) is 9.18 Å². The molecule has 0 saturated heterocycles. The fraction of sp³-hybridized carbons (Fsp3) is 0. The van der Waals surface area contributed by atoms with Crippen molar-refractivity contribution in [1.82, 2.24) is 9.97 Å². The van der Waals surface area contributed by atoms with E-state index < -0.39 is 0 Å². The lowest BCUT2D eigenvalue weighted by molar-refractivity contribution is 0.102. The molecule has 3 aromatic rings. The molecule has 23 heavy (non-hydrogen) atoms. The molecule has 0 radical (unpaired) electrons. The van der Waals surface area contributed by atoms with E-state index in [0.29, 0.717) is 22.6 Å². The maximum absolute atomic E-state index is 13.2. The summed E-state index contributed by atoms with van der Waals surface area (Å²) in [5, 5.41) is 2.76. The second-order valence-electron chi connectivity index (χ2n) is 4.77. The first kappa shape index (κ1) is 15.3. The summed E-state index contributed by atoms with van der Waals surface area (Å²) in [6.07, 6.45) is 2.83. The van der Waals surface area contributed by atoms with Crippen LogP contribution in [-0.2, 0) is 0 Å². The van der Waals surface area contributed by atoms with E-state index >= 15 is 0 Å². The summed E-state index contributed by atoms with van der Waals surface area (Å²) < 4.78 is 14.1. The highest BCUT2D eigenvalue weighted by Gasteiger charge is 2.09. The van der Waals surface area contributed by atoms with Crippen LogP contribution in [0.15, 0.2) is 65.4 Å². The standard InChI is InChI=1S/C17H11BrFN3O/c18-13-4-2-6-15(8-13)22-17(23)12-9-20-16(21-10-12)11-3-1-5-14(19)7-11/h1-10H,(H,22,23). The molecule has 0 atom stereocenters. The van der Waals surface area contributed by atoms with Crippen LogP contribution in [0.5, 0.6) is 0 Å². The Morgan fingerprint density at radius 1 is 1.04 bits per heavy atom. The van der Waals surface area contributed by atoms with Crippen LogP contribution in [0.4, 0.5) is 10.1 Å². The van der Waals surface area contributed by atoms with Crippen LogP contribution in [0.3, 0.4) is 0 Å². The summed E-state index contributed by atoms with van der Waals surface area (Å²) in [4.78, 5) is 20.4. The molecule has 0 aliphatic carbocycles. The van der Waals surface area contributed by atoms with Gasteiger partial charge in [0, 0.05) is 28.1 Å². The molecule has 1 N–H and O–H groups in total. The van der Waals surface area contributed by atoms with Gasteiger partial charge in [0.15, 0.2) is 5.82 Å². The number of nitrogens with zero attached hydrogens (tertiary/aromatic N) is 2. The minimum Gasteiger partial charge on any atom is -0.322 e. The predicted molar refractivity (Wildman–Crippen MR) is 89.5 cm³/mol. The van der Waals surface area contributed by atoms with Crippen molar-refractivity contribution in [2.45, 2.75) is 0 Å². The zero-order chi connectivity index (χ0) is 16.2. The minimum absolute atomic E-state index is 0.311. The average molecular weight is 372 g/mol. The van der Waals surface area contributed by atoms with E-state index in [4.69, 9.17) is 0 Å². The third-order valence-corrected chi connectivity index (χ3v) is 3.57. The van der Waals surface area contributed by atoms with Crippen LogP contribution in [0.1, 0.15) is 10.4 Å². The molecule has 1 amide bonds. The lowest BCUT2D eigenvalue weighted by Crippen LogP contribution is -2.12. The van der Waals surface area contributed by atoms with Gasteiger partial charge >= 0.3 is 0 Å². The van der Waals surface area contributed by atoms with Crippen LogP contribution in [0.2, 0.25) is 0 Å². The molecule has 114 valence electrons. The Balaban J connectivity index is 1.78. The average Bonchev–Trinajstić information content (AvgIpc) is 2.55. The highest BCUT2D eigenvalue weighted by Crippen LogP contribution is 2.18. The van der Waals surface area contributed by atoms with Crippen LogP contribution in [0.25, 0.3) is 11.4 Å². The molecule has 0 unspecified atom stereocenters. The smallest absolute Gasteiger partial charge is 0.258 e. The van der Waals surface area contributed by atoms with Gasteiger partial charge in [0.25, 0.3) is 5.91 Å². The van der Waals surface area contributed by atoms with Gasteiger partial charge in [-0.3, -0.25) is 4.79 Å². The Morgan fingerprint density at radius 2 is 1.78 bits per heavy atom. The van der Waals surface area contributed by atoms with E-state index in [1.54, 1.807) is 24.3 Å². The number of amides is 1. The quantitative estimate of drug-likeness (QED) is 0.746. The number of carbonyl (C=O) groups excluding carboxylic acids is 1. The summed E-state index contributed by atoms with van der Waals surface area (Å²) in [5.74, 6) is -0.306. The molecule has 0 aliphatic rings. The molecule has 4 nitrogen and oxygen atoms in total. The fourth-order valence-corrected chi connectivity index (χ4v) is 2.39. The molecule has 0 spiro atoms. The molecule has 1 heterocycles. The first-order chi connectivity index (χ1) is 11.1. The zero-order valence-electron chi connectivity index (χ0n) is 11.8. The normalized spacial score (nSPS) is 10.3. The summed E-state index contributed by atoms with van der Waals surface area (Å²) in [7, 11) is 0. The second kappa shape index (κ2) is 6.66. The van der Waals surface area contributed by atoms with Gasteiger partial charge in [-0.05, 0) is 30.3 Å². The van der Waals surface area contributed by atoms with Gasteiger partial charge in [0.1, 0.15) is 5.82 Å². The van der Waals surface area contributed by atoms with Gasteiger partial charge in [-0.15, -0.1) is 0 Å². The molecule has 2 aromatic carbocycles. The van der Waals surface area contributed by atoms with Gasteiger partial charge in [-0.25, -0.2) is 14.4 Å². The van der Waals surface area contributed by atoms with E-state index in [1.165, 1.54) is 24.5 Å². The number of hydrogen-bond donors (Lipinski definition) is 1. The summed E-state index contributed by atoms with van der Waals surface area (Å²) in [6, 6.07) is 13.3. The zero-order valence-corrected chi connectivity index (χ0v) is 13.4. The van der Waals surface area contributed by atoms with Crippen LogP contribution in [0, 0.1) is 5.82 Å². The predicted octanol–water partition coefficient (Wildman–Crippen LogP) is 4.30. The van der Waals surface area contributed by atoms with Crippen molar-refractivity contribution in [1.29, 1.82) is 0 Å². The molecule has 0 fully saturated rings. The van der Waals surface area contributed by atoms with Crippen molar-refractivity contribution in [3.05, 3.63) is 76.8 Å². The molecule has 0 saturated carbocycles. The lowest BCUT2D eigenvalue weighted by Gasteiger charge is -2.06. The first-order valence-electron chi connectivity index (χ1n) is 6.77. The van der Waals surface area contributed by atoms with E-state index in [-0.39, 0.29) is 11.7 Å². The van der Waals surface area contributed by atoms with Crippen molar-refractivity contribution in [3.63, 3.8) is 0 Å². The summed E-state index contributed by atoms with van der Waals surface area (Å²) in [5.41, 5.74) is 1.55. The maximum atomic E-state index is 13.2. The molecular formula is C17H11BrFN3O. The number of rotatable bonds is 3. The van der Waals surface area contributed by atoms with Gasteiger partial charge in [0.05, 0.1) is 5.56 Å². The highest BCUT2D eigenvalue weighted by atomic mass is 79.9. The third-order valence-electron chi connectivity index (χ3n) is 3.08. The van der Waals surface area contributed by atoms with Crippen molar-refractivity contribution in [3.8, 4) is 11.4 Å². The Kier molecular flexibility index (Phi) is 4.43. The highest BCUT2D eigenvalue weighted by molar-refractivity contribution is 9.10. The van der Waals surface area contributed by atoms with Crippen LogP contribution in [-0.4, -0.2) is 15.9 Å². The van der Waals surface area contributed by atoms with Gasteiger partial charge in [-0.1, -0.05) is 34.1 Å². The molecule has 3 rings (SSSR count). The van der Waals surface area contributed by atoms with Crippen molar-refractivity contribution >= 4 is 27.5 Å². The number of benzene rings is 2. The maximum Gasteiger partial charge on any atom is 0.258 e. The van der Waals surface area contributed by atoms with Gasteiger partial charge in [0.2, 0.25) is 0 Å². The van der Waals surface area contributed by atoms with E-state index in [2.05, 4.69) is 31.2 Å². The fourth-order valence-electron chi connectivity index (χ4n) is 1.99. The molecule has 0 aliphatic heterocycles. The number of nitrogens with one attached hydrogen (secondary N) is 1. The topological polar surface area (TPSA) is 54.9 Å². The summed E-state index contributed by atoms with van der Waals surface area (Å²) >= 11 is 3.34. The molecular weight excluding hydrogens is 361 g/mol. The van der Waals surface area contributed by atoms with Gasteiger partial charge in [-0.2, -0.15) is 0 Å². The lowest BCUT2D eigenvalue weighted by atomic mass is 10.2. The Hall–Kier alpha value is -2.60. The largest absolute Gasteiger partial charge is 0.322 e. The number of aromatic nitrogens is 2. The number of carbonyl (C=O) groups is 1. The number of hydrogen-bond acceptors (Lipinski definition) is 3. The molecule has 1 aromatic heterocycles. The minimum atomic E-state index is -0.359.